The average Bonchev–Trinajstić information content (AvgIpc) is 2.28. The Kier molecular flexibility index (Phi) is 3.78. The van der Waals surface area contributed by atoms with Crippen molar-refractivity contribution >= 4 is 11.4 Å². The monoisotopic (exact) mass is 220 g/mol. The van der Waals surface area contributed by atoms with Crippen molar-refractivity contribution in [3.8, 4) is 6.07 Å². The molecule has 6 heteroatoms. The summed E-state index contributed by atoms with van der Waals surface area (Å²) >= 11 is 0. The molecule has 1 rings (SSSR count). The van der Waals surface area contributed by atoms with Gasteiger partial charge in [-0.25, -0.2) is 0 Å². The summed E-state index contributed by atoms with van der Waals surface area (Å²) in [5.74, 6) is -0.183. The molecule has 0 aliphatic heterocycles. The van der Waals surface area contributed by atoms with Gasteiger partial charge in [-0.15, -0.1) is 0 Å². The van der Waals surface area contributed by atoms with E-state index >= 15 is 0 Å². The summed E-state index contributed by atoms with van der Waals surface area (Å²) in [6.07, 6.45) is 2.71. The predicted molar refractivity (Wildman–Crippen MR) is 58.9 cm³/mol. The number of aromatic nitrogens is 1. The van der Waals surface area contributed by atoms with Gasteiger partial charge in [0.15, 0.2) is 0 Å². The Morgan fingerprint density at radius 3 is 3.00 bits per heavy atom. The predicted octanol–water partition coefficient (Wildman–Crippen LogP) is 1.59. The third-order valence-electron chi connectivity index (χ3n) is 2.15. The van der Waals surface area contributed by atoms with Gasteiger partial charge in [0.25, 0.3) is 0 Å². The maximum absolute atomic E-state index is 10.8. The van der Waals surface area contributed by atoms with Crippen LogP contribution in [0.3, 0.4) is 0 Å². The average molecular weight is 220 g/mol. The molecule has 1 aromatic heterocycles. The first-order chi connectivity index (χ1) is 7.56. The van der Waals surface area contributed by atoms with Gasteiger partial charge in [0.05, 0.1) is 16.9 Å². The van der Waals surface area contributed by atoms with Crippen LogP contribution in [0.4, 0.5) is 11.4 Å². The van der Waals surface area contributed by atoms with Gasteiger partial charge in [-0.05, 0) is 13.0 Å². The minimum atomic E-state index is -0.476. The van der Waals surface area contributed by atoms with Crippen LogP contribution in [0.2, 0.25) is 0 Å². The van der Waals surface area contributed by atoms with Crippen LogP contribution in [-0.2, 0) is 0 Å². The van der Waals surface area contributed by atoms with Crippen molar-refractivity contribution in [3.63, 3.8) is 0 Å². The molecule has 1 unspecified atom stereocenters. The largest absolute Gasteiger partial charge is 0.368 e. The summed E-state index contributed by atoms with van der Waals surface area (Å²) in [6.45, 7) is 2.21. The van der Waals surface area contributed by atoms with Gasteiger partial charge in [-0.1, -0.05) is 0 Å². The number of rotatable bonds is 4. The fourth-order valence-electron chi connectivity index (χ4n) is 1.39. The number of hydrogen-bond acceptors (Lipinski definition) is 5. The zero-order valence-electron chi connectivity index (χ0n) is 9.12. The van der Waals surface area contributed by atoms with E-state index in [1.54, 1.807) is 24.9 Å². The molecule has 0 aliphatic rings. The third-order valence-corrected chi connectivity index (χ3v) is 2.15. The van der Waals surface area contributed by atoms with Crippen molar-refractivity contribution in [3.05, 3.63) is 28.6 Å². The van der Waals surface area contributed by atoms with E-state index in [0.717, 1.165) is 0 Å². The van der Waals surface area contributed by atoms with E-state index in [1.807, 2.05) is 0 Å². The molecule has 0 aliphatic carbocycles. The maximum atomic E-state index is 10.8. The molecule has 0 saturated carbocycles. The number of anilines is 1. The first kappa shape index (κ1) is 11.9. The van der Waals surface area contributed by atoms with E-state index in [0.29, 0.717) is 12.2 Å². The highest BCUT2D eigenvalue weighted by molar-refractivity contribution is 5.61. The number of hydrogen-bond donors (Lipinski definition) is 0. The molecule has 0 saturated heterocycles. The molecule has 84 valence electrons. The molecular weight excluding hydrogens is 208 g/mol. The molecule has 1 aromatic rings. The lowest BCUT2D eigenvalue weighted by Crippen LogP contribution is -2.24. The second-order valence-electron chi connectivity index (χ2n) is 3.53. The maximum Gasteiger partial charge on any atom is 0.310 e. The highest BCUT2D eigenvalue weighted by Crippen LogP contribution is 2.25. The molecule has 0 bridgehead atoms. The van der Waals surface area contributed by atoms with Crippen molar-refractivity contribution in [2.45, 2.75) is 6.92 Å². The fraction of sp³-hybridized carbons (Fsp3) is 0.400. The smallest absolute Gasteiger partial charge is 0.310 e. The summed E-state index contributed by atoms with van der Waals surface area (Å²) in [5, 5.41) is 19.4. The Hall–Kier alpha value is -2.16. The van der Waals surface area contributed by atoms with E-state index < -0.39 is 4.92 Å². The molecule has 0 fully saturated rings. The summed E-state index contributed by atoms with van der Waals surface area (Å²) in [4.78, 5) is 15.7. The molecule has 6 nitrogen and oxygen atoms in total. The topological polar surface area (TPSA) is 83.1 Å². The molecule has 16 heavy (non-hydrogen) atoms. The first-order valence-corrected chi connectivity index (χ1v) is 4.75. The van der Waals surface area contributed by atoms with E-state index in [4.69, 9.17) is 5.26 Å². The zero-order valence-corrected chi connectivity index (χ0v) is 9.12. The Bertz CT molecular complexity index is 427. The summed E-state index contributed by atoms with van der Waals surface area (Å²) in [7, 11) is 1.72. The summed E-state index contributed by atoms with van der Waals surface area (Å²) in [6, 6.07) is 3.66. The van der Waals surface area contributed by atoms with Crippen molar-refractivity contribution in [2.75, 3.05) is 18.5 Å². The summed E-state index contributed by atoms with van der Waals surface area (Å²) in [5.41, 5.74) is 0.428. The highest BCUT2D eigenvalue weighted by Gasteiger charge is 2.17. The number of nitriles is 1. The van der Waals surface area contributed by atoms with E-state index in [-0.39, 0.29) is 11.6 Å². The van der Waals surface area contributed by atoms with Crippen molar-refractivity contribution in [1.29, 1.82) is 5.26 Å². The van der Waals surface area contributed by atoms with Gasteiger partial charge < -0.3 is 4.90 Å². The molecular formula is C10H12N4O2. The lowest BCUT2D eigenvalue weighted by atomic mass is 10.2. The Balaban J connectivity index is 2.95. The number of nitrogens with zero attached hydrogens (tertiary/aromatic N) is 4. The van der Waals surface area contributed by atoms with Crippen molar-refractivity contribution in [1.82, 2.24) is 4.98 Å². The standard InChI is InChI=1S/C10H12N4O2/c1-8(5-11)7-13(2)9-3-4-12-6-10(9)14(15)16/h3-4,6,8H,7H2,1-2H3. The van der Waals surface area contributed by atoms with Crippen LogP contribution in [0.25, 0.3) is 0 Å². The van der Waals surface area contributed by atoms with E-state index in [1.165, 1.54) is 12.4 Å². The lowest BCUT2D eigenvalue weighted by Gasteiger charge is -2.19. The highest BCUT2D eigenvalue weighted by atomic mass is 16.6. The van der Waals surface area contributed by atoms with Crippen molar-refractivity contribution in [2.24, 2.45) is 5.92 Å². The molecule has 1 heterocycles. The minimum Gasteiger partial charge on any atom is -0.368 e. The molecule has 0 amide bonds. The van der Waals surface area contributed by atoms with Crippen LogP contribution in [0.5, 0.6) is 0 Å². The van der Waals surface area contributed by atoms with Crippen LogP contribution < -0.4 is 4.90 Å². The zero-order chi connectivity index (χ0) is 12.1. The third kappa shape index (κ3) is 2.67. The number of nitro groups is 1. The number of pyridine rings is 1. The Morgan fingerprint density at radius 1 is 1.75 bits per heavy atom. The van der Waals surface area contributed by atoms with Crippen molar-refractivity contribution < 1.29 is 4.92 Å². The first-order valence-electron chi connectivity index (χ1n) is 4.75. The van der Waals surface area contributed by atoms with Gasteiger partial charge in [-0.3, -0.25) is 15.1 Å². The van der Waals surface area contributed by atoms with Crippen LogP contribution in [0.15, 0.2) is 18.5 Å². The van der Waals surface area contributed by atoms with Gasteiger partial charge in [0, 0.05) is 19.8 Å². The van der Waals surface area contributed by atoms with Gasteiger partial charge in [0.2, 0.25) is 0 Å². The lowest BCUT2D eigenvalue weighted by molar-refractivity contribution is -0.384. The van der Waals surface area contributed by atoms with Crippen LogP contribution in [0.1, 0.15) is 6.92 Å². The van der Waals surface area contributed by atoms with Crippen LogP contribution >= 0.6 is 0 Å². The van der Waals surface area contributed by atoms with E-state index in [9.17, 15) is 10.1 Å². The SMILES string of the molecule is CC(C#N)CN(C)c1ccncc1[N+](=O)[O-]. The second-order valence-corrected chi connectivity index (χ2v) is 3.53. The normalized spacial score (nSPS) is 11.6. The molecule has 0 N–H and O–H groups in total. The van der Waals surface area contributed by atoms with Crippen LogP contribution in [0, 0.1) is 27.4 Å². The van der Waals surface area contributed by atoms with Gasteiger partial charge in [-0.2, -0.15) is 5.26 Å². The van der Waals surface area contributed by atoms with Crippen LogP contribution in [-0.4, -0.2) is 23.5 Å². The molecule has 0 aromatic carbocycles. The van der Waals surface area contributed by atoms with E-state index in [2.05, 4.69) is 11.1 Å². The quantitative estimate of drug-likeness (QED) is 0.568. The Morgan fingerprint density at radius 2 is 2.44 bits per heavy atom. The molecule has 0 radical (unpaired) electrons. The van der Waals surface area contributed by atoms with Gasteiger partial charge in [0.1, 0.15) is 11.9 Å². The molecule has 1 atom stereocenters. The molecule has 0 spiro atoms. The Labute approximate surface area is 93.3 Å². The van der Waals surface area contributed by atoms with Gasteiger partial charge >= 0.3 is 5.69 Å². The summed E-state index contributed by atoms with van der Waals surface area (Å²) < 4.78 is 0. The second kappa shape index (κ2) is 5.07. The minimum absolute atomic E-state index is 0.0462. The fourth-order valence-corrected chi connectivity index (χ4v) is 1.39.